The number of ether oxygens (including phenoxy) is 1. The number of hydrogen-bond donors (Lipinski definition) is 1. The van der Waals surface area contributed by atoms with Crippen LogP contribution in [0, 0.1) is 0 Å². The van der Waals surface area contributed by atoms with Crippen LogP contribution in [0.15, 0.2) is 46.6 Å². The van der Waals surface area contributed by atoms with Gasteiger partial charge in [0.15, 0.2) is 5.11 Å². The van der Waals surface area contributed by atoms with E-state index in [1.165, 1.54) is 0 Å². The lowest BCUT2D eigenvalue weighted by atomic mass is 10.1. The topological polar surface area (TPSA) is 41.6 Å². The van der Waals surface area contributed by atoms with E-state index in [4.69, 9.17) is 40.2 Å². The summed E-state index contributed by atoms with van der Waals surface area (Å²) in [5.74, 6) is 0.499. The maximum absolute atomic E-state index is 12.6. The molecule has 0 unspecified atom stereocenters. The van der Waals surface area contributed by atoms with E-state index in [9.17, 15) is 4.79 Å². The van der Waals surface area contributed by atoms with Crippen molar-refractivity contribution in [2.75, 3.05) is 6.54 Å². The van der Waals surface area contributed by atoms with Gasteiger partial charge in [-0.3, -0.25) is 9.69 Å². The standard InChI is InChI=1S/C20H17BrCl2N2O2S/c1-2-7-25-19(26)17(24-20(25)28)10-13-9-14(21)4-6-18(13)27-11-12-3-5-15(22)16(23)8-12/h3-6,8-10H,2,7,11H2,1H3,(H,24,28)/b17-10-. The molecule has 1 N–H and O–H groups in total. The number of halogens is 3. The number of thiocarbonyl (C=S) groups is 1. The third-order valence-electron chi connectivity index (χ3n) is 4.06. The summed E-state index contributed by atoms with van der Waals surface area (Å²) in [6.07, 6.45) is 2.58. The van der Waals surface area contributed by atoms with Gasteiger partial charge in [0, 0.05) is 16.6 Å². The van der Waals surface area contributed by atoms with Crippen LogP contribution in [-0.2, 0) is 11.4 Å². The van der Waals surface area contributed by atoms with Crippen LogP contribution in [0.3, 0.4) is 0 Å². The van der Waals surface area contributed by atoms with Crippen molar-refractivity contribution in [1.29, 1.82) is 0 Å². The Morgan fingerprint density at radius 3 is 2.71 bits per heavy atom. The van der Waals surface area contributed by atoms with Gasteiger partial charge in [-0.25, -0.2) is 0 Å². The summed E-state index contributed by atoms with van der Waals surface area (Å²) >= 11 is 20.7. The molecule has 1 aliphatic heterocycles. The Balaban J connectivity index is 1.84. The minimum atomic E-state index is -0.137. The zero-order valence-corrected chi connectivity index (χ0v) is 18.9. The predicted molar refractivity (Wildman–Crippen MR) is 121 cm³/mol. The van der Waals surface area contributed by atoms with E-state index >= 15 is 0 Å². The van der Waals surface area contributed by atoms with Crippen molar-refractivity contribution in [2.45, 2.75) is 20.0 Å². The van der Waals surface area contributed by atoms with Crippen LogP contribution in [0.4, 0.5) is 0 Å². The molecule has 2 aromatic rings. The van der Waals surface area contributed by atoms with Crippen LogP contribution in [-0.4, -0.2) is 22.5 Å². The SMILES string of the molecule is CCCN1C(=O)/C(=C/c2cc(Br)ccc2OCc2ccc(Cl)c(Cl)c2)NC1=S. The van der Waals surface area contributed by atoms with Crippen LogP contribution < -0.4 is 10.1 Å². The number of nitrogens with zero attached hydrogens (tertiary/aromatic N) is 1. The minimum Gasteiger partial charge on any atom is -0.488 e. The zero-order valence-electron chi connectivity index (χ0n) is 15.0. The van der Waals surface area contributed by atoms with E-state index in [-0.39, 0.29) is 5.91 Å². The first-order valence-corrected chi connectivity index (χ1v) is 10.6. The zero-order chi connectivity index (χ0) is 20.3. The monoisotopic (exact) mass is 498 g/mol. The molecular weight excluding hydrogens is 483 g/mol. The number of carbonyl (C=O) groups excluding carboxylic acids is 1. The van der Waals surface area contributed by atoms with E-state index in [0.29, 0.717) is 39.8 Å². The molecular formula is C20H17BrCl2N2O2S. The summed E-state index contributed by atoms with van der Waals surface area (Å²) in [5.41, 5.74) is 2.07. The molecule has 4 nitrogen and oxygen atoms in total. The van der Waals surface area contributed by atoms with Gasteiger partial charge in [-0.1, -0.05) is 52.1 Å². The highest BCUT2D eigenvalue weighted by Gasteiger charge is 2.29. The van der Waals surface area contributed by atoms with Crippen LogP contribution in [0.25, 0.3) is 6.08 Å². The molecule has 0 bridgehead atoms. The quantitative estimate of drug-likeness (QED) is 0.402. The molecule has 1 amide bonds. The molecule has 0 radical (unpaired) electrons. The van der Waals surface area contributed by atoms with Gasteiger partial charge in [0.05, 0.1) is 10.0 Å². The first kappa shape index (κ1) is 21.1. The van der Waals surface area contributed by atoms with E-state index in [2.05, 4.69) is 21.2 Å². The van der Waals surface area contributed by atoms with E-state index < -0.39 is 0 Å². The van der Waals surface area contributed by atoms with Gasteiger partial charge in [0.2, 0.25) is 0 Å². The van der Waals surface area contributed by atoms with Gasteiger partial charge in [0.25, 0.3) is 5.91 Å². The van der Waals surface area contributed by atoms with Crippen molar-refractivity contribution in [1.82, 2.24) is 10.2 Å². The summed E-state index contributed by atoms with van der Waals surface area (Å²) < 4.78 is 6.84. The maximum atomic E-state index is 12.6. The van der Waals surface area contributed by atoms with Crippen LogP contribution >= 0.6 is 51.3 Å². The Morgan fingerprint density at radius 1 is 1.21 bits per heavy atom. The number of benzene rings is 2. The summed E-state index contributed by atoms with van der Waals surface area (Å²) in [4.78, 5) is 14.1. The Labute approximate surface area is 187 Å². The van der Waals surface area contributed by atoms with Crippen molar-refractivity contribution < 1.29 is 9.53 Å². The van der Waals surface area contributed by atoms with Crippen molar-refractivity contribution in [3.63, 3.8) is 0 Å². The molecule has 1 saturated heterocycles. The second-order valence-electron chi connectivity index (χ2n) is 6.16. The Kier molecular flexibility index (Phi) is 6.99. The molecule has 3 rings (SSSR count). The molecule has 1 aliphatic rings. The second kappa shape index (κ2) is 9.27. The molecule has 0 saturated carbocycles. The molecule has 0 spiro atoms. The molecule has 0 aromatic heterocycles. The van der Waals surface area contributed by atoms with E-state index in [1.807, 2.05) is 31.2 Å². The Hall–Kier alpha value is -1.60. The normalized spacial score (nSPS) is 15.3. The molecule has 1 fully saturated rings. The Morgan fingerprint density at radius 2 is 2.00 bits per heavy atom. The second-order valence-corrected chi connectivity index (χ2v) is 8.28. The highest BCUT2D eigenvalue weighted by molar-refractivity contribution is 9.10. The fraction of sp³-hybridized carbons (Fsp3) is 0.200. The Bertz CT molecular complexity index is 965. The van der Waals surface area contributed by atoms with Crippen molar-refractivity contribution in [3.8, 4) is 5.75 Å². The first-order valence-electron chi connectivity index (χ1n) is 8.60. The molecule has 8 heteroatoms. The molecule has 28 heavy (non-hydrogen) atoms. The molecule has 146 valence electrons. The fourth-order valence-corrected chi connectivity index (χ4v) is 3.69. The summed E-state index contributed by atoms with van der Waals surface area (Å²) in [6, 6.07) is 11.0. The van der Waals surface area contributed by atoms with Crippen LogP contribution in [0.5, 0.6) is 5.75 Å². The molecule has 2 aromatic carbocycles. The number of hydrogen-bond acceptors (Lipinski definition) is 3. The summed E-state index contributed by atoms with van der Waals surface area (Å²) in [7, 11) is 0. The number of amides is 1. The number of nitrogens with one attached hydrogen (secondary N) is 1. The number of carbonyl (C=O) groups is 1. The highest BCUT2D eigenvalue weighted by Crippen LogP contribution is 2.28. The van der Waals surface area contributed by atoms with Crippen LogP contribution in [0.2, 0.25) is 10.0 Å². The van der Waals surface area contributed by atoms with Crippen molar-refractivity contribution >= 4 is 68.4 Å². The lowest BCUT2D eigenvalue weighted by Crippen LogP contribution is -2.31. The molecule has 0 atom stereocenters. The molecule has 0 aliphatic carbocycles. The smallest absolute Gasteiger partial charge is 0.276 e. The minimum absolute atomic E-state index is 0.137. The third-order valence-corrected chi connectivity index (χ3v) is 5.61. The average Bonchev–Trinajstić information content (AvgIpc) is 2.92. The van der Waals surface area contributed by atoms with Gasteiger partial charge >= 0.3 is 0 Å². The number of rotatable bonds is 6. The largest absolute Gasteiger partial charge is 0.488 e. The molecule has 1 heterocycles. The van der Waals surface area contributed by atoms with E-state index in [1.54, 1.807) is 23.1 Å². The predicted octanol–water partition coefficient (Wildman–Crippen LogP) is 5.80. The van der Waals surface area contributed by atoms with Crippen molar-refractivity contribution in [2.24, 2.45) is 0 Å². The van der Waals surface area contributed by atoms with Gasteiger partial charge in [-0.15, -0.1) is 0 Å². The third kappa shape index (κ3) is 4.87. The van der Waals surface area contributed by atoms with Crippen molar-refractivity contribution in [3.05, 3.63) is 67.7 Å². The lowest BCUT2D eigenvalue weighted by Gasteiger charge is -2.12. The average molecular weight is 500 g/mol. The lowest BCUT2D eigenvalue weighted by molar-refractivity contribution is -0.122. The van der Waals surface area contributed by atoms with Gasteiger partial charge in [-0.2, -0.15) is 0 Å². The first-order chi connectivity index (χ1) is 13.4. The summed E-state index contributed by atoms with van der Waals surface area (Å²) in [6.45, 7) is 2.90. The fourth-order valence-electron chi connectivity index (χ4n) is 2.71. The van der Waals surface area contributed by atoms with Gasteiger partial charge in [0.1, 0.15) is 18.1 Å². The van der Waals surface area contributed by atoms with E-state index in [0.717, 1.165) is 22.0 Å². The maximum Gasteiger partial charge on any atom is 0.276 e. The summed E-state index contributed by atoms with van der Waals surface area (Å²) in [5, 5.41) is 4.39. The van der Waals surface area contributed by atoms with Gasteiger partial charge in [-0.05, 0) is 60.6 Å². The highest BCUT2D eigenvalue weighted by atomic mass is 79.9. The van der Waals surface area contributed by atoms with Gasteiger partial charge < -0.3 is 10.1 Å². The van der Waals surface area contributed by atoms with Crippen LogP contribution in [0.1, 0.15) is 24.5 Å².